The van der Waals surface area contributed by atoms with Crippen LogP contribution in [0, 0.1) is 10.1 Å². The molecule has 0 spiro atoms. The summed E-state index contributed by atoms with van der Waals surface area (Å²) in [5.41, 5.74) is 3.37. The number of aliphatic hydroxyl groups is 1. The first-order valence-corrected chi connectivity index (χ1v) is 7.95. The summed E-state index contributed by atoms with van der Waals surface area (Å²) in [6.07, 6.45) is 3.13. The third-order valence-corrected chi connectivity index (χ3v) is 4.38. The van der Waals surface area contributed by atoms with E-state index >= 15 is 0 Å². The van der Waals surface area contributed by atoms with E-state index in [1.165, 1.54) is 17.2 Å². The smallest absolute Gasteiger partial charge is 0.404 e. The van der Waals surface area contributed by atoms with Gasteiger partial charge < -0.3 is 9.52 Å². The molecule has 1 unspecified atom stereocenters. The second kappa shape index (κ2) is 6.98. The Labute approximate surface area is 140 Å². The van der Waals surface area contributed by atoms with E-state index in [-0.39, 0.29) is 18.5 Å². The number of rotatable bonds is 5. The normalized spacial score (nSPS) is 18.4. The molecule has 2 heterocycles. The minimum Gasteiger partial charge on any atom is -0.404 e. The van der Waals surface area contributed by atoms with Crippen molar-refractivity contribution in [2.75, 3.05) is 6.54 Å². The number of nitro groups is 1. The summed E-state index contributed by atoms with van der Waals surface area (Å²) in [6, 6.07) is 11.2. The van der Waals surface area contributed by atoms with Gasteiger partial charge in [-0.2, -0.15) is 0 Å². The Bertz CT molecular complexity index is 749. The fourth-order valence-electron chi connectivity index (χ4n) is 2.99. The lowest BCUT2D eigenvalue weighted by atomic mass is 9.95. The lowest BCUT2D eigenvalue weighted by molar-refractivity contribution is -0.402. The summed E-state index contributed by atoms with van der Waals surface area (Å²) >= 11 is 0. The molecule has 24 heavy (non-hydrogen) atoms. The van der Waals surface area contributed by atoms with Crippen molar-refractivity contribution in [2.24, 2.45) is 0 Å². The van der Waals surface area contributed by atoms with Gasteiger partial charge in [0.2, 0.25) is 0 Å². The lowest BCUT2D eigenvalue weighted by Crippen LogP contribution is -2.35. The second-order valence-electron chi connectivity index (χ2n) is 6.01. The Hall–Kier alpha value is -2.44. The van der Waals surface area contributed by atoms with Crippen molar-refractivity contribution < 1.29 is 14.4 Å². The molecule has 3 rings (SSSR count). The first kappa shape index (κ1) is 16.4. The molecule has 0 radical (unpaired) electrons. The van der Waals surface area contributed by atoms with Gasteiger partial charge in [-0.05, 0) is 36.1 Å². The topological polar surface area (TPSA) is 79.8 Å². The van der Waals surface area contributed by atoms with E-state index in [4.69, 9.17) is 9.52 Å². The standard InChI is InChI=1S/C18H20N2O4/c1-13-10-16(15-4-2-14(12-21)3-5-15)8-9-19(13)11-17-6-7-18(24-17)20(22)23/h2-7,10,13,21H,8-9,11-12H2,1H3. The zero-order chi connectivity index (χ0) is 17.1. The third-order valence-electron chi connectivity index (χ3n) is 4.38. The van der Waals surface area contributed by atoms with Crippen LogP contribution in [0.4, 0.5) is 5.88 Å². The number of benzene rings is 1. The Morgan fingerprint density at radius 1 is 1.29 bits per heavy atom. The van der Waals surface area contributed by atoms with E-state index in [1.807, 2.05) is 24.3 Å². The molecule has 6 heteroatoms. The summed E-state index contributed by atoms with van der Waals surface area (Å²) in [5.74, 6) is 0.396. The van der Waals surface area contributed by atoms with Crippen molar-refractivity contribution >= 4 is 11.5 Å². The van der Waals surface area contributed by atoms with Gasteiger partial charge in [-0.1, -0.05) is 30.3 Å². The van der Waals surface area contributed by atoms with Gasteiger partial charge >= 0.3 is 5.88 Å². The van der Waals surface area contributed by atoms with Crippen LogP contribution in [0.15, 0.2) is 46.9 Å². The van der Waals surface area contributed by atoms with E-state index in [9.17, 15) is 10.1 Å². The van der Waals surface area contributed by atoms with Crippen LogP contribution in [0.5, 0.6) is 0 Å². The van der Waals surface area contributed by atoms with Gasteiger partial charge in [0.15, 0.2) is 0 Å². The summed E-state index contributed by atoms with van der Waals surface area (Å²) in [5, 5.41) is 19.8. The lowest BCUT2D eigenvalue weighted by Gasteiger charge is -2.31. The SMILES string of the molecule is CC1C=C(c2ccc(CO)cc2)CCN1Cc1ccc([N+](=O)[O-])o1. The van der Waals surface area contributed by atoms with Crippen LogP contribution in [0.1, 0.15) is 30.2 Å². The quantitative estimate of drug-likeness (QED) is 0.672. The minimum absolute atomic E-state index is 0.0544. The highest BCUT2D eigenvalue weighted by Gasteiger charge is 2.21. The average molecular weight is 328 g/mol. The molecular formula is C18H20N2O4. The maximum atomic E-state index is 10.7. The van der Waals surface area contributed by atoms with Crippen molar-refractivity contribution in [3.63, 3.8) is 0 Å². The van der Waals surface area contributed by atoms with Crippen molar-refractivity contribution in [3.8, 4) is 0 Å². The van der Waals surface area contributed by atoms with Gasteiger partial charge in [0.25, 0.3) is 0 Å². The van der Waals surface area contributed by atoms with Crippen molar-refractivity contribution in [1.82, 2.24) is 4.90 Å². The molecule has 2 aromatic rings. The van der Waals surface area contributed by atoms with Gasteiger partial charge in [0.1, 0.15) is 10.7 Å². The van der Waals surface area contributed by atoms with Crippen LogP contribution in [-0.2, 0) is 13.2 Å². The van der Waals surface area contributed by atoms with Gasteiger partial charge in [0.05, 0.1) is 19.2 Å². The molecule has 1 atom stereocenters. The highest BCUT2D eigenvalue weighted by Crippen LogP contribution is 2.27. The van der Waals surface area contributed by atoms with Crippen molar-refractivity contribution in [1.29, 1.82) is 0 Å². The van der Waals surface area contributed by atoms with E-state index in [0.717, 1.165) is 18.5 Å². The Kier molecular flexibility index (Phi) is 4.78. The molecule has 1 aromatic carbocycles. The molecular weight excluding hydrogens is 308 g/mol. The van der Waals surface area contributed by atoms with Crippen LogP contribution in [0.3, 0.4) is 0 Å². The van der Waals surface area contributed by atoms with Crippen LogP contribution in [-0.4, -0.2) is 27.5 Å². The Morgan fingerprint density at radius 2 is 2.04 bits per heavy atom. The summed E-state index contributed by atoms with van der Waals surface area (Å²) in [6.45, 7) is 3.59. The van der Waals surface area contributed by atoms with E-state index in [1.54, 1.807) is 6.07 Å². The van der Waals surface area contributed by atoms with Gasteiger partial charge in [-0.15, -0.1) is 0 Å². The summed E-state index contributed by atoms with van der Waals surface area (Å²) < 4.78 is 5.25. The zero-order valence-electron chi connectivity index (χ0n) is 13.5. The van der Waals surface area contributed by atoms with E-state index in [0.29, 0.717) is 12.3 Å². The third kappa shape index (κ3) is 3.55. The predicted molar refractivity (Wildman–Crippen MR) is 90.2 cm³/mol. The number of nitrogens with zero attached hydrogens (tertiary/aromatic N) is 2. The summed E-state index contributed by atoms with van der Waals surface area (Å²) in [7, 11) is 0. The molecule has 1 aliphatic heterocycles. The minimum atomic E-state index is -0.517. The van der Waals surface area contributed by atoms with Crippen LogP contribution >= 0.6 is 0 Å². The highest BCUT2D eigenvalue weighted by molar-refractivity contribution is 5.67. The van der Waals surface area contributed by atoms with Crippen molar-refractivity contribution in [3.05, 3.63) is 69.5 Å². The largest absolute Gasteiger partial charge is 0.433 e. The van der Waals surface area contributed by atoms with Crippen LogP contribution < -0.4 is 0 Å². The molecule has 0 saturated heterocycles. The molecule has 0 aliphatic carbocycles. The molecule has 6 nitrogen and oxygen atoms in total. The Balaban J connectivity index is 1.68. The number of hydrogen-bond acceptors (Lipinski definition) is 5. The molecule has 1 aliphatic rings. The van der Waals surface area contributed by atoms with Gasteiger partial charge in [0, 0.05) is 12.6 Å². The Morgan fingerprint density at radius 3 is 2.62 bits per heavy atom. The van der Waals surface area contributed by atoms with E-state index < -0.39 is 4.92 Å². The van der Waals surface area contributed by atoms with Crippen LogP contribution in [0.25, 0.3) is 5.57 Å². The molecule has 0 saturated carbocycles. The molecule has 0 amide bonds. The number of hydrogen-bond donors (Lipinski definition) is 1. The van der Waals surface area contributed by atoms with E-state index in [2.05, 4.69) is 17.9 Å². The summed E-state index contributed by atoms with van der Waals surface area (Å²) in [4.78, 5) is 12.4. The molecule has 1 N–H and O–H groups in total. The monoisotopic (exact) mass is 328 g/mol. The molecule has 0 fully saturated rings. The van der Waals surface area contributed by atoms with Crippen LogP contribution in [0.2, 0.25) is 0 Å². The van der Waals surface area contributed by atoms with Crippen molar-refractivity contribution in [2.45, 2.75) is 32.5 Å². The molecule has 1 aromatic heterocycles. The first-order valence-electron chi connectivity index (χ1n) is 7.95. The molecule has 126 valence electrons. The number of aliphatic hydroxyl groups excluding tert-OH is 1. The average Bonchev–Trinajstić information content (AvgIpc) is 3.06. The zero-order valence-corrected chi connectivity index (χ0v) is 13.5. The van der Waals surface area contributed by atoms with Gasteiger partial charge in [-0.25, -0.2) is 0 Å². The highest BCUT2D eigenvalue weighted by atomic mass is 16.6. The fraction of sp³-hybridized carbons (Fsp3) is 0.333. The second-order valence-corrected chi connectivity index (χ2v) is 6.01. The maximum absolute atomic E-state index is 10.7. The number of furan rings is 1. The van der Waals surface area contributed by atoms with Gasteiger partial charge in [-0.3, -0.25) is 15.0 Å². The fourth-order valence-corrected chi connectivity index (χ4v) is 2.99. The maximum Gasteiger partial charge on any atom is 0.433 e. The first-order chi connectivity index (χ1) is 11.6. The predicted octanol–water partition coefficient (Wildman–Crippen LogP) is 3.36. The molecule has 0 bridgehead atoms.